The van der Waals surface area contributed by atoms with Crippen molar-refractivity contribution in [3.8, 4) is 11.5 Å². The summed E-state index contributed by atoms with van der Waals surface area (Å²) in [6.45, 7) is 6.74. The summed E-state index contributed by atoms with van der Waals surface area (Å²) in [6, 6.07) is 14.0. The average Bonchev–Trinajstić information content (AvgIpc) is 2.90. The molecule has 0 aromatic heterocycles. The van der Waals surface area contributed by atoms with Gasteiger partial charge in [0, 0.05) is 37.1 Å². The van der Waals surface area contributed by atoms with Crippen molar-refractivity contribution in [1.29, 1.82) is 0 Å². The molecule has 2 aliphatic heterocycles. The number of amidine groups is 1. The van der Waals surface area contributed by atoms with Crippen molar-refractivity contribution in [3.05, 3.63) is 53.1 Å². The molecule has 1 N–H and O–H groups in total. The largest absolute Gasteiger partial charge is 0.469 e. The Balaban J connectivity index is 0.000000353. The molecule has 2 aromatic carbocycles. The summed E-state index contributed by atoms with van der Waals surface area (Å²) in [5, 5.41) is 4.13. The second-order valence-electron chi connectivity index (χ2n) is 6.88. The number of hydrogen-bond acceptors (Lipinski definition) is 6. The second kappa shape index (κ2) is 9.76. The van der Waals surface area contributed by atoms with Gasteiger partial charge in [0.05, 0.1) is 12.7 Å². The van der Waals surface area contributed by atoms with E-state index in [0.717, 1.165) is 48.2 Å². The van der Waals surface area contributed by atoms with E-state index in [2.05, 4.69) is 27.9 Å². The zero-order chi connectivity index (χ0) is 20.8. The maximum Gasteiger partial charge on any atom is 0.305 e. The summed E-state index contributed by atoms with van der Waals surface area (Å²) in [4.78, 5) is 17.2. The third-order valence-corrected chi connectivity index (χ3v) is 4.91. The highest BCUT2D eigenvalue weighted by Gasteiger charge is 2.25. The van der Waals surface area contributed by atoms with Crippen LogP contribution in [0.3, 0.4) is 0 Å². The molecule has 4 rings (SSSR count). The smallest absolute Gasteiger partial charge is 0.305 e. The molecule has 1 saturated heterocycles. The number of aliphatic imine (C=N–C) groups is 1. The molecule has 2 heterocycles. The Hall–Kier alpha value is -2.57. The average molecular weight is 416 g/mol. The van der Waals surface area contributed by atoms with E-state index in [1.807, 2.05) is 36.4 Å². The summed E-state index contributed by atoms with van der Waals surface area (Å²) in [7, 11) is 1.38. The van der Waals surface area contributed by atoms with Crippen molar-refractivity contribution >= 4 is 29.1 Å². The first-order chi connectivity index (χ1) is 14.0. The highest BCUT2D eigenvalue weighted by molar-refractivity contribution is 6.31. The molecule has 1 unspecified atom stereocenters. The van der Waals surface area contributed by atoms with Crippen molar-refractivity contribution in [2.45, 2.75) is 26.3 Å². The third-order valence-electron chi connectivity index (χ3n) is 4.68. The molecule has 0 bridgehead atoms. The summed E-state index contributed by atoms with van der Waals surface area (Å²) in [5.41, 5.74) is 1.80. The van der Waals surface area contributed by atoms with Crippen LogP contribution >= 0.6 is 11.6 Å². The van der Waals surface area contributed by atoms with Gasteiger partial charge in [0.1, 0.15) is 17.3 Å². The van der Waals surface area contributed by atoms with Gasteiger partial charge < -0.3 is 19.7 Å². The van der Waals surface area contributed by atoms with Gasteiger partial charge in [-0.2, -0.15) is 0 Å². The maximum absolute atomic E-state index is 9.96. The van der Waals surface area contributed by atoms with Gasteiger partial charge in [-0.1, -0.05) is 30.7 Å². The van der Waals surface area contributed by atoms with Crippen LogP contribution in [0.4, 0.5) is 5.69 Å². The van der Waals surface area contributed by atoms with Crippen LogP contribution in [-0.2, 0) is 9.53 Å². The number of nitrogens with zero attached hydrogens (tertiary/aromatic N) is 2. The van der Waals surface area contributed by atoms with Crippen LogP contribution < -0.4 is 10.1 Å². The molecule has 0 saturated carbocycles. The number of esters is 1. The number of methoxy groups -OCH3 is 1. The molecule has 1 fully saturated rings. The number of carbonyl (C=O) groups is 1. The molecule has 0 aliphatic carbocycles. The minimum absolute atomic E-state index is 0.157. The maximum atomic E-state index is 9.96. The summed E-state index contributed by atoms with van der Waals surface area (Å²) >= 11 is 6.15. The highest BCUT2D eigenvalue weighted by atomic mass is 35.5. The number of rotatable bonds is 1. The zero-order valence-electron chi connectivity index (χ0n) is 16.9. The van der Waals surface area contributed by atoms with Gasteiger partial charge in [-0.15, -0.1) is 0 Å². The Bertz CT molecular complexity index is 895. The lowest BCUT2D eigenvalue weighted by molar-refractivity contribution is -0.140. The fourth-order valence-corrected chi connectivity index (χ4v) is 3.37. The molecule has 7 heteroatoms. The van der Waals surface area contributed by atoms with Crippen LogP contribution in [0.1, 0.15) is 25.8 Å². The number of nitrogens with one attached hydrogen (secondary N) is 1. The SMILES string of the molecule is CC1CN(C2=Nc3cc(Cl)ccc3Oc3ccccc32)CCN1.CCC(=O)OC. The number of benzene rings is 2. The van der Waals surface area contributed by atoms with E-state index in [0.29, 0.717) is 17.5 Å². The van der Waals surface area contributed by atoms with Crippen molar-refractivity contribution in [1.82, 2.24) is 10.2 Å². The van der Waals surface area contributed by atoms with Gasteiger partial charge >= 0.3 is 5.97 Å². The molecule has 2 aromatic rings. The summed E-state index contributed by atoms with van der Waals surface area (Å²) in [6.07, 6.45) is 0.469. The number of piperazine rings is 1. The molecule has 0 radical (unpaired) electrons. The van der Waals surface area contributed by atoms with Gasteiger partial charge in [0.25, 0.3) is 0 Å². The molecule has 29 heavy (non-hydrogen) atoms. The van der Waals surface area contributed by atoms with Crippen LogP contribution in [-0.4, -0.2) is 49.5 Å². The number of hydrogen-bond donors (Lipinski definition) is 1. The number of carbonyl (C=O) groups excluding carboxylic acids is 1. The Kier molecular flexibility index (Phi) is 7.12. The monoisotopic (exact) mass is 415 g/mol. The predicted octanol–water partition coefficient (Wildman–Crippen LogP) is 4.39. The fourth-order valence-electron chi connectivity index (χ4n) is 3.21. The van der Waals surface area contributed by atoms with Crippen molar-refractivity contribution < 1.29 is 14.3 Å². The van der Waals surface area contributed by atoms with Crippen molar-refractivity contribution in [2.24, 2.45) is 4.99 Å². The predicted molar refractivity (Wildman–Crippen MR) is 116 cm³/mol. The lowest BCUT2D eigenvalue weighted by Gasteiger charge is -2.34. The van der Waals surface area contributed by atoms with E-state index >= 15 is 0 Å². The fraction of sp³-hybridized carbons (Fsp3) is 0.364. The molecular weight excluding hydrogens is 390 g/mol. The lowest BCUT2D eigenvalue weighted by atomic mass is 10.1. The van der Waals surface area contributed by atoms with E-state index in [4.69, 9.17) is 21.3 Å². The highest BCUT2D eigenvalue weighted by Crippen LogP contribution is 2.39. The van der Waals surface area contributed by atoms with E-state index in [1.54, 1.807) is 6.92 Å². The van der Waals surface area contributed by atoms with Gasteiger partial charge in [-0.3, -0.25) is 4.79 Å². The first-order valence-electron chi connectivity index (χ1n) is 9.72. The van der Waals surface area contributed by atoms with Crippen LogP contribution in [0.2, 0.25) is 5.02 Å². The van der Waals surface area contributed by atoms with Crippen LogP contribution in [0, 0.1) is 0 Å². The molecule has 0 amide bonds. The Morgan fingerprint density at radius 3 is 2.79 bits per heavy atom. The Morgan fingerprint density at radius 2 is 2.10 bits per heavy atom. The Labute approximate surface area is 176 Å². The van der Waals surface area contributed by atoms with Crippen LogP contribution in [0.25, 0.3) is 0 Å². The molecule has 2 aliphatic rings. The summed E-state index contributed by atoms with van der Waals surface area (Å²) < 4.78 is 10.4. The van der Waals surface area contributed by atoms with Crippen molar-refractivity contribution in [2.75, 3.05) is 26.7 Å². The lowest BCUT2D eigenvalue weighted by Crippen LogP contribution is -2.51. The zero-order valence-corrected chi connectivity index (χ0v) is 17.7. The number of ether oxygens (including phenoxy) is 2. The second-order valence-corrected chi connectivity index (χ2v) is 7.31. The van der Waals surface area contributed by atoms with Gasteiger partial charge in [-0.05, 0) is 37.3 Å². The van der Waals surface area contributed by atoms with E-state index in [9.17, 15) is 4.79 Å². The number of halogens is 1. The Morgan fingerprint density at radius 1 is 1.31 bits per heavy atom. The molecule has 6 nitrogen and oxygen atoms in total. The molecule has 154 valence electrons. The van der Waals surface area contributed by atoms with Gasteiger partial charge in [-0.25, -0.2) is 4.99 Å². The standard InChI is InChI=1S/C18H18ClN3O.C4H8O2/c1-12-11-22(9-8-20-12)18-14-4-2-3-5-16(14)23-17-7-6-13(19)10-15(17)21-18;1-3-4(5)6-2/h2-7,10,12,20H,8-9,11H2,1H3;3H2,1-2H3. The molecule has 0 spiro atoms. The normalized spacial score (nSPS) is 17.4. The third kappa shape index (κ3) is 5.28. The number of para-hydroxylation sites is 1. The molecular formula is C22H26ClN3O3. The minimum atomic E-state index is -0.157. The van der Waals surface area contributed by atoms with E-state index < -0.39 is 0 Å². The van der Waals surface area contributed by atoms with Gasteiger partial charge in [0.2, 0.25) is 0 Å². The summed E-state index contributed by atoms with van der Waals surface area (Å²) in [5.74, 6) is 2.36. The quantitative estimate of drug-likeness (QED) is 0.700. The number of fused-ring (bicyclic) bond motifs is 2. The van der Waals surface area contributed by atoms with E-state index in [-0.39, 0.29) is 5.97 Å². The van der Waals surface area contributed by atoms with E-state index in [1.165, 1.54) is 7.11 Å². The van der Waals surface area contributed by atoms with Gasteiger partial charge in [0.15, 0.2) is 5.75 Å². The topological polar surface area (TPSA) is 63.2 Å². The first kappa shape index (κ1) is 21.1. The first-order valence-corrected chi connectivity index (χ1v) is 10.1. The minimum Gasteiger partial charge on any atom is -0.469 e. The molecule has 1 atom stereocenters. The van der Waals surface area contributed by atoms with Crippen LogP contribution in [0.15, 0.2) is 47.5 Å². The van der Waals surface area contributed by atoms with Crippen LogP contribution in [0.5, 0.6) is 11.5 Å². The van der Waals surface area contributed by atoms with Crippen molar-refractivity contribution in [3.63, 3.8) is 0 Å².